The zero-order valence-electron chi connectivity index (χ0n) is 20.4. The number of hydrogen-bond acceptors (Lipinski definition) is 8. The molecule has 4 rings (SSSR count). The largest absolute Gasteiger partial charge is 0.379 e. The maximum absolute atomic E-state index is 13.5. The van der Waals surface area contributed by atoms with E-state index in [1.165, 1.54) is 11.3 Å². The van der Waals surface area contributed by atoms with Crippen LogP contribution in [-0.4, -0.2) is 113 Å². The molecule has 10 nitrogen and oxygen atoms in total. The SMILES string of the molecule is CC(=CS(=O)(=O)N[C@H]1CCN([C@@H](CCN2CCOCC2)C(=O)N2CCOCC2)C1=O)c1ccc(Cl)s1. The van der Waals surface area contributed by atoms with Crippen LogP contribution in [0.25, 0.3) is 5.57 Å². The number of allylic oxidation sites excluding steroid dienone is 1. The number of nitrogens with one attached hydrogen (secondary N) is 1. The average Bonchev–Trinajstić information content (AvgIpc) is 3.46. The number of likely N-dealkylation sites (tertiary alicyclic amines) is 1. The number of hydrogen-bond donors (Lipinski definition) is 1. The molecule has 1 aromatic rings. The van der Waals surface area contributed by atoms with Gasteiger partial charge in [0.15, 0.2) is 0 Å². The first-order valence-corrected chi connectivity index (χ1v) is 14.9. The number of morpholine rings is 2. The molecule has 3 fully saturated rings. The minimum absolute atomic E-state index is 0.103. The van der Waals surface area contributed by atoms with Crippen LogP contribution in [-0.2, 0) is 29.1 Å². The highest BCUT2D eigenvalue weighted by molar-refractivity contribution is 7.92. The summed E-state index contributed by atoms with van der Waals surface area (Å²) in [5, 5.41) is 1.12. The summed E-state index contributed by atoms with van der Waals surface area (Å²) in [4.78, 5) is 33.1. The summed E-state index contributed by atoms with van der Waals surface area (Å²) >= 11 is 7.25. The summed E-state index contributed by atoms with van der Waals surface area (Å²) in [5.74, 6) is -0.467. The van der Waals surface area contributed by atoms with Crippen molar-refractivity contribution < 1.29 is 27.5 Å². The Hall–Kier alpha value is -1.54. The molecule has 1 N–H and O–H groups in total. The van der Waals surface area contributed by atoms with E-state index in [0.717, 1.165) is 23.4 Å². The third-order valence-electron chi connectivity index (χ3n) is 6.65. The Bertz CT molecular complexity index is 1070. The standard InChI is InChI=1S/C23H33ClN4O6S2/c1-17(20-2-3-21(24)35-20)16-36(31,32)25-18-4-7-28(22(18)29)19(5-6-26-8-12-33-13-9-26)23(30)27-10-14-34-15-11-27/h2-3,16,18-19,25H,4-15H2,1H3/t18-,19-/m0/s1. The van der Waals surface area contributed by atoms with E-state index in [0.29, 0.717) is 75.4 Å². The molecule has 0 spiro atoms. The quantitative estimate of drug-likeness (QED) is 0.484. The molecular formula is C23H33ClN4O6S2. The fourth-order valence-electron chi connectivity index (χ4n) is 4.71. The first kappa shape index (κ1) is 27.5. The zero-order chi connectivity index (χ0) is 25.7. The Balaban J connectivity index is 1.44. The summed E-state index contributed by atoms with van der Waals surface area (Å²) in [7, 11) is -3.89. The van der Waals surface area contributed by atoms with Crippen molar-refractivity contribution in [2.75, 3.05) is 65.7 Å². The molecule has 3 aliphatic rings. The number of amides is 2. The van der Waals surface area contributed by atoms with Crippen LogP contribution in [0.1, 0.15) is 24.6 Å². The lowest BCUT2D eigenvalue weighted by atomic mass is 10.1. The summed E-state index contributed by atoms with van der Waals surface area (Å²) < 4.78 is 39.5. The number of ether oxygens (including phenoxy) is 2. The number of nitrogens with zero attached hydrogens (tertiary/aromatic N) is 3. The lowest BCUT2D eigenvalue weighted by molar-refractivity contribution is -0.147. The van der Waals surface area contributed by atoms with Crippen molar-refractivity contribution in [2.45, 2.75) is 31.8 Å². The van der Waals surface area contributed by atoms with Gasteiger partial charge in [0.25, 0.3) is 0 Å². The van der Waals surface area contributed by atoms with Gasteiger partial charge in [-0.15, -0.1) is 11.3 Å². The molecule has 3 aliphatic heterocycles. The second kappa shape index (κ2) is 12.3. The van der Waals surface area contributed by atoms with E-state index in [2.05, 4.69) is 9.62 Å². The number of thiophene rings is 1. The molecule has 0 unspecified atom stereocenters. The molecule has 36 heavy (non-hydrogen) atoms. The second-order valence-corrected chi connectivity index (χ2v) is 12.4. The number of halogens is 1. The summed E-state index contributed by atoms with van der Waals surface area (Å²) in [6.07, 6.45) is 0.791. The van der Waals surface area contributed by atoms with Crippen LogP contribution in [0.5, 0.6) is 0 Å². The van der Waals surface area contributed by atoms with Crippen LogP contribution in [0.3, 0.4) is 0 Å². The van der Waals surface area contributed by atoms with E-state index in [1.807, 2.05) is 0 Å². The van der Waals surface area contributed by atoms with E-state index in [9.17, 15) is 18.0 Å². The Kier molecular flexibility index (Phi) is 9.42. The number of sulfonamides is 1. The highest BCUT2D eigenvalue weighted by Gasteiger charge is 2.41. The Labute approximate surface area is 221 Å². The molecule has 0 aromatic carbocycles. The highest BCUT2D eigenvalue weighted by Crippen LogP contribution is 2.28. The minimum Gasteiger partial charge on any atom is -0.379 e. The molecule has 1 aromatic heterocycles. The van der Waals surface area contributed by atoms with Crippen molar-refractivity contribution in [3.8, 4) is 0 Å². The summed E-state index contributed by atoms with van der Waals surface area (Å²) in [6.45, 7) is 7.47. The predicted molar refractivity (Wildman–Crippen MR) is 138 cm³/mol. The maximum atomic E-state index is 13.5. The van der Waals surface area contributed by atoms with Gasteiger partial charge in [0.2, 0.25) is 21.8 Å². The summed E-state index contributed by atoms with van der Waals surface area (Å²) in [5.41, 5.74) is 0.535. The van der Waals surface area contributed by atoms with Crippen LogP contribution in [0.2, 0.25) is 4.34 Å². The van der Waals surface area contributed by atoms with Gasteiger partial charge < -0.3 is 19.3 Å². The zero-order valence-corrected chi connectivity index (χ0v) is 22.7. The number of rotatable bonds is 9. The highest BCUT2D eigenvalue weighted by atomic mass is 35.5. The van der Waals surface area contributed by atoms with Gasteiger partial charge in [-0.1, -0.05) is 11.6 Å². The number of carbonyl (C=O) groups is 2. The van der Waals surface area contributed by atoms with E-state index >= 15 is 0 Å². The molecule has 0 aliphatic carbocycles. The van der Waals surface area contributed by atoms with Crippen LogP contribution in [0.4, 0.5) is 0 Å². The lowest BCUT2D eigenvalue weighted by Gasteiger charge is -2.36. The Morgan fingerprint density at radius 1 is 1.17 bits per heavy atom. The molecule has 4 heterocycles. The fraction of sp³-hybridized carbons (Fsp3) is 0.652. The molecule has 3 saturated heterocycles. The third kappa shape index (κ3) is 7.06. The molecule has 0 radical (unpaired) electrons. The van der Waals surface area contributed by atoms with Crippen molar-refractivity contribution >= 4 is 50.3 Å². The first-order valence-electron chi connectivity index (χ1n) is 12.2. The van der Waals surface area contributed by atoms with Gasteiger partial charge >= 0.3 is 0 Å². The van der Waals surface area contributed by atoms with Crippen molar-refractivity contribution in [1.82, 2.24) is 19.4 Å². The second-order valence-electron chi connectivity index (χ2n) is 9.14. The fourth-order valence-corrected chi connectivity index (χ4v) is 7.07. The van der Waals surface area contributed by atoms with Gasteiger partial charge in [-0.05, 0) is 37.5 Å². The van der Waals surface area contributed by atoms with Gasteiger partial charge in [0, 0.05) is 44.1 Å². The minimum atomic E-state index is -3.89. The third-order valence-corrected chi connectivity index (χ3v) is 9.29. The predicted octanol–water partition coefficient (Wildman–Crippen LogP) is 1.23. The normalized spacial score (nSPS) is 23.3. The van der Waals surface area contributed by atoms with Crippen molar-refractivity contribution in [3.05, 3.63) is 26.8 Å². The molecule has 0 saturated carbocycles. The van der Waals surface area contributed by atoms with Gasteiger partial charge in [0.05, 0.1) is 36.2 Å². The Morgan fingerprint density at radius 3 is 2.47 bits per heavy atom. The lowest BCUT2D eigenvalue weighted by Crippen LogP contribution is -2.54. The smallest absolute Gasteiger partial charge is 0.245 e. The van der Waals surface area contributed by atoms with Crippen molar-refractivity contribution in [1.29, 1.82) is 0 Å². The molecule has 13 heteroatoms. The van der Waals surface area contributed by atoms with Gasteiger partial charge in [-0.25, -0.2) is 8.42 Å². The van der Waals surface area contributed by atoms with E-state index in [4.69, 9.17) is 21.1 Å². The first-order chi connectivity index (χ1) is 17.2. The van der Waals surface area contributed by atoms with Crippen LogP contribution < -0.4 is 4.72 Å². The van der Waals surface area contributed by atoms with E-state index in [1.54, 1.807) is 28.9 Å². The number of carbonyl (C=O) groups excluding carboxylic acids is 2. The van der Waals surface area contributed by atoms with Gasteiger partial charge in [-0.2, -0.15) is 4.72 Å². The van der Waals surface area contributed by atoms with Gasteiger partial charge in [-0.3, -0.25) is 14.5 Å². The van der Waals surface area contributed by atoms with Crippen LogP contribution in [0, 0.1) is 0 Å². The molecule has 2 atom stereocenters. The van der Waals surface area contributed by atoms with Crippen molar-refractivity contribution in [2.24, 2.45) is 0 Å². The van der Waals surface area contributed by atoms with Crippen LogP contribution in [0.15, 0.2) is 17.5 Å². The topological polar surface area (TPSA) is 108 Å². The summed E-state index contributed by atoms with van der Waals surface area (Å²) in [6, 6.07) is 1.92. The van der Waals surface area contributed by atoms with E-state index in [-0.39, 0.29) is 11.8 Å². The average molecular weight is 561 g/mol. The molecule has 2 amide bonds. The van der Waals surface area contributed by atoms with E-state index < -0.39 is 22.1 Å². The molecule has 0 bridgehead atoms. The molecular weight excluding hydrogens is 528 g/mol. The van der Waals surface area contributed by atoms with Gasteiger partial charge in [0.1, 0.15) is 12.1 Å². The maximum Gasteiger partial charge on any atom is 0.245 e. The molecule has 200 valence electrons. The van der Waals surface area contributed by atoms with Crippen LogP contribution >= 0.6 is 22.9 Å². The van der Waals surface area contributed by atoms with Crippen molar-refractivity contribution in [3.63, 3.8) is 0 Å². The monoisotopic (exact) mass is 560 g/mol. The Morgan fingerprint density at radius 2 is 1.83 bits per heavy atom.